The molecule has 1 aliphatic heterocycles. The molecule has 0 radical (unpaired) electrons. The first-order valence-electron chi connectivity index (χ1n) is 5.34. The van der Waals surface area contributed by atoms with Gasteiger partial charge in [0.15, 0.2) is 0 Å². The molecule has 1 aliphatic carbocycles. The van der Waals surface area contributed by atoms with Crippen LogP contribution < -0.4 is 5.32 Å². The largest absolute Gasteiger partial charge is 0.382 e. The number of hydrogen-bond acceptors (Lipinski definition) is 4. The molecule has 0 aromatic rings. The molecule has 1 saturated heterocycles. The van der Waals surface area contributed by atoms with Crippen molar-refractivity contribution >= 4 is 0 Å². The van der Waals surface area contributed by atoms with Crippen LogP contribution in [0.3, 0.4) is 0 Å². The minimum absolute atomic E-state index is 0.175. The van der Waals surface area contributed by atoms with Gasteiger partial charge in [0.2, 0.25) is 0 Å². The van der Waals surface area contributed by atoms with Crippen molar-refractivity contribution in [2.24, 2.45) is 0 Å². The summed E-state index contributed by atoms with van der Waals surface area (Å²) in [6.07, 6.45) is 3.09. The minimum Gasteiger partial charge on any atom is -0.382 e. The molecule has 0 aromatic carbocycles. The Morgan fingerprint density at radius 3 is 2.71 bits per heavy atom. The van der Waals surface area contributed by atoms with Gasteiger partial charge in [0.05, 0.1) is 25.9 Å². The lowest BCUT2D eigenvalue weighted by molar-refractivity contribution is -0.162. The second-order valence-corrected chi connectivity index (χ2v) is 4.06. The van der Waals surface area contributed by atoms with Gasteiger partial charge in [-0.1, -0.05) is 0 Å². The molecule has 0 aromatic heterocycles. The first-order chi connectivity index (χ1) is 6.88. The Hall–Kier alpha value is -0.160. The third kappa shape index (κ3) is 3.20. The van der Waals surface area contributed by atoms with E-state index in [2.05, 4.69) is 5.32 Å². The molecule has 2 aliphatic rings. The van der Waals surface area contributed by atoms with Crippen molar-refractivity contribution in [3.8, 4) is 0 Å². The van der Waals surface area contributed by atoms with Crippen molar-refractivity contribution in [2.45, 2.75) is 31.1 Å². The van der Waals surface area contributed by atoms with Gasteiger partial charge in [0.1, 0.15) is 6.10 Å². The molecule has 1 N–H and O–H groups in total. The number of rotatable bonds is 7. The summed E-state index contributed by atoms with van der Waals surface area (Å²) in [6.45, 7) is 3.04. The Morgan fingerprint density at radius 1 is 1.43 bits per heavy atom. The third-order valence-corrected chi connectivity index (χ3v) is 2.56. The molecule has 2 fully saturated rings. The van der Waals surface area contributed by atoms with Crippen LogP contribution in [-0.2, 0) is 14.2 Å². The SMILES string of the molecule is COCC(CNC1CC1)OC1COC1. The molecular formula is C10H19NO3. The third-order valence-electron chi connectivity index (χ3n) is 2.56. The number of ether oxygens (including phenoxy) is 3. The maximum Gasteiger partial charge on any atom is 0.105 e. The van der Waals surface area contributed by atoms with Gasteiger partial charge >= 0.3 is 0 Å². The van der Waals surface area contributed by atoms with Crippen molar-refractivity contribution in [1.82, 2.24) is 5.32 Å². The fourth-order valence-electron chi connectivity index (χ4n) is 1.48. The molecule has 14 heavy (non-hydrogen) atoms. The predicted octanol–water partition coefficient (Wildman–Crippen LogP) is 0.169. The molecule has 0 spiro atoms. The highest BCUT2D eigenvalue weighted by molar-refractivity contribution is 4.82. The molecule has 82 valence electrons. The van der Waals surface area contributed by atoms with Crippen molar-refractivity contribution in [3.05, 3.63) is 0 Å². The standard InChI is InChI=1S/C10H19NO3/c1-12-5-9(4-11-8-2-3-8)14-10-6-13-7-10/h8-11H,2-7H2,1H3. The zero-order valence-corrected chi connectivity index (χ0v) is 8.70. The quantitative estimate of drug-likeness (QED) is 0.637. The second-order valence-electron chi connectivity index (χ2n) is 4.06. The van der Waals surface area contributed by atoms with Gasteiger partial charge < -0.3 is 19.5 Å². The first-order valence-corrected chi connectivity index (χ1v) is 5.34. The fourth-order valence-corrected chi connectivity index (χ4v) is 1.48. The van der Waals surface area contributed by atoms with E-state index in [1.54, 1.807) is 7.11 Å². The summed E-state index contributed by atoms with van der Waals surface area (Å²) in [7, 11) is 1.71. The molecular weight excluding hydrogens is 182 g/mol. The van der Waals surface area contributed by atoms with E-state index in [9.17, 15) is 0 Å². The van der Waals surface area contributed by atoms with Crippen LogP contribution in [0.4, 0.5) is 0 Å². The minimum atomic E-state index is 0.175. The Bertz CT molecular complexity index is 169. The highest BCUT2D eigenvalue weighted by atomic mass is 16.6. The van der Waals surface area contributed by atoms with Crippen LogP contribution in [0.15, 0.2) is 0 Å². The van der Waals surface area contributed by atoms with Crippen LogP contribution in [-0.4, -0.2) is 51.7 Å². The summed E-state index contributed by atoms with van der Waals surface area (Å²) >= 11 is 0. The highest BCUT2D eigenvalue weighted by Crippen LogP contribution is 2.18. The Balaban J connectivity index is 1.62. The number of methoxy groups -OCH3 is 1. The molecule has 2 rings (SSSR count). The summed E-state index contributed by atoms with van der Waals surface area (Å²) < 4.78 is 16.0. The van der Waals surface area contributed by atoms with E-state index in [0.29, 0.717) is 6.61 Å². The average Bonchev–Trinajstić information content (AvgIpc) is 2.90. The van der Waals surface area contributed by atoms with Crippen molar-refractivity contribution in [1.29, 1.82) is 0 Å². The van der Waals surface area contributed by atoms with Gasteiger partial charge in [-0.15, -0.1) is 0 Å². The lowest BCUT2D eigenvalue weighted by atomic mass is 10.3. The van der Waals surface area contributed by atoms with Crippen molar-refractivity contribution < 1.29 is 14.2 Å². The molecule has 4 nitrogen and oxygen atoms in total. The van der Waals surface area contributed by atoms with Crippen molar-refractivity contribution in [2.75, 3.05) is 33.5 Å². The van der Waals surface area contributed by atoms with Crippen LogP contribution in [0.25, 0.3) is 0 Å². The van der Waals surface area contributed by atoms with Gasteiger partial charge in [0.25, 0.3) is 0 Å². The van der Waals surface area contributed by atoms with E-state index in [1.165, 1.54) is 12.8 Å². The molecule has 0 amide bonds. The second kappa shape index (κ2) is 5.07. The summed E-state index contributed by atoms with van der Waals surface area (Å²) in [6, 6.07) is 0.732. The molecule has 0 bridgehead atoms. The zero-order valence-electron chi connectivity index (χ0n) is 8.70. The van der Waals surface area contributed by atoms with Crippen LogP contribution in [0.5, 0.6) is 0 Å². The Morgan fingerprint density at radius 2 is 2.21 bits per heavy atom. The summed E-state index contributed by atoms with van der Waals surface area (Å²) in [5.41, 5.74) is 0. The summed E-state index contributed by atoms with van der Waals surface area (Å²) in [5, 5.41) is 3.45. The van der Waals surface area contributed by atoms with Crippen LogP contribution >= 0.6 is 0 Å². The first kappa shape index (κ1) is 10.4. The van der Waals surface area contributed by atoms with Gasteiger partial charge in [0, 0.05) is 19.7 Å². The predicted molar refractivity (Wildman–Crippen MR) is 52.4 cm³/mol. The average molecular weight is 201 g/mol. The lowest BCUT2D eigenvalue weighted by Crippen LogP contribution is -2.44. The Labute approximate surface area is 84.9 Å². The van der Waals surface area contributed by atoms with Crippen molar-refractivity contribution in [3.63, 3.8) is 0 Å². The van der Waals surface area contributed by atoms with E-state index in [0.717, 1.165) is 25.8 Å². The summed E-state index contributed by atoms with van der Waals surface area (Å²) in [4.78, 5) is 0. The van der Waals surface area contributed by atoms with E-state index in [4.69, 9.17) is 14.2 Å². The van der Waals surface area contributed by atoms with E-state index in [1.807, 2.05) is 0 Å². The van der Waals surface area contributed by atoms with E-state index >= 15 is 0 Å². The monoisotopic (exact) mass is 201 g/mol. The number of hydrogen-bond donors (Lipinski definition) is 1. The van der Waals surface area contributed by atoms with Crippen LogP contribution in [0.1, 0.15) is 12.8 Å². The fraction of sp³-hybridized carbons (Fsp3) is 1.00. The molecule has 4 heteroatoms. The lowest BCUT2D eigenvalue weighted by Gasteiger charge is -2.30. The highest BCUT2D eigenvalue weighted by Gasteiger charge is 2.26. The van der Waals surface area contributed by atoms with E-state index < -0.39 is 0 Å². The molecule has 1 unspecified atom stereocenters. The van der Waals surface area contributed by atoms with Gasteiger partial charge in [-0.3, -0.25) is 0 Å². The van der Waals surface area contributed by atoms with Crippen LogP contribution in [0.2, 0.25) is 0 Å². The van der Waals surface area contributed by atoms with Crippen LogP contribution in [0, 0.1) is 0 Å². The van der Waals surface area contributed by atoms with Gasteiger partial charge in [-0.2, -0.15) is 0 Å². The van der Waals surface area contributed by atoms with E-state index in [-0.39, 0.29) is 12.2 Å². The summed E-state index contributed by atoms with van der Waals surface area (Å²) in [5.74, 6) is 0. The molecule has 1 heterocycles. The molecule has 1 saturated carbocycles. The topological polar surface area (TPSA) is 39.7 Å². The molecule has 1 atom stereocenters. The van der Waals surface area contributed by atoms with Gasteiger partial charge in [-0.25, -0.2) is 0 Å². The zero-order chi connectivity index (χ0) is 9.80. The maximum absolute atomic E-state index is 5.79. The maximum atomic E-state index is 5.79. The Kier molecular flexibility index (Phi) is 3.75. The number of nitrogens with one attached hydrogen (secondary N) is 1. The smallest absolute Gasteiger partial charge is 0.105 e. The van der Waals surface area contributed by atoms with Gasteiger partial charge in [-0.05, 0) is 12.8 Å². The normalized spacial score (nSPS) is 24.6.